The molecule has 1 heterocycles. The molecule has 0 aliphatic rings. The van der Waals surface area contributed by atoms with Gasteiger partial charge in [-0.05, 0) is 30.3 Å². The van der Waals surface area contributed by atoms with Crippen molar-refractivity contribution in [3.63, 3.8) is 0 Å². The van der Waals surface area contributed by atoms with Gasteiger partial charge in [-0.1, -0.05) is 24.3 Å². The summed E-state index contributed by atoms with van der Waals surface area (Å²) >= 11 is 0. The molecule has 0 amide bonds. The average molecular weight is 281 g/mol. The maximum absolute atomic E-state index is 5.65. The van der Waals surface area contributed by atoms with Crippen molar-refractivity contribution in [1.82, 2.24) is 10.2 Å². The third-order valence-electron chi connectivity index (χ3n) is 3.00. The highest BCUT2D eigenvalue weighted by Crippen LogP contribution is 2.22. The van der Waals surface area contributed by atoms with Gasteiger partial charge in [0.25, 0.3) is 0 Å². The van der Waals surface area contributed by atoms with Crippen molar-refractivity contribution in [2.45, 2.75) is 6.54 Å². The van der Waals surface area contributed by atoms with E-state index in [0.29, 0.717) is 18.3 Å². The largest absolute Gasteiger partial charge is 0.497 e. The van der Waals surface area contributed by atoms with Crippen LogP contribution in [0.5, 0.6) is 5.75 Å². The van der Waals surface area contributed by atoms with Gasteiger partial charge in [0.1, 0.15) is 5.75 Å². The standard InChI is InChI=1S/C16H15N3O2/c1-20-14-9-5-6-12(10-14)16-19-18-15(21-16)11-17-13-7-3-2-4-8-13/h2-10,17H,11H2,1H3. The second-order valence-corrected chi connectivity index (χ2v) is 4.45. The van der Waals surface area contributed by atoms with Crippen LogP contribution in [0.1, 0.15) is 5.89 Å². The lowest BCUT2D eigenvalue weighted by Crippen LogP contribution is -1.99. The van der Waals surface area contributed by atoms with E-state index in [9.17, 15) is 0 Å². The molecule has 21 heavy (non-hydrogen) atoms. The van der Waals surface area contributed by atoms with Crippen molar-refractivity contribution in [2.75, 3.05) is 12.4 Å². The molecule has 2 aromatic carbocycles. The molecule has 0 saturated heterocycles. The van der Waals surface area contributed by atoms with E-state index in [-0.39, 0.29) is 0 Å². The lowest BCUT2D eigenvalue weighted by molar-refractivity contribution is 0.414. The Balaban J connectivity index is 1.71. The average Bonchev–Trinajstić information content (AvgIpc) is 3.03. The zero-order valence-corrected chi connectivity index (χ0v) is 11.6. The van der Waals surface area contributed by atoms with Crippen molar-refractivity contribution in [2.24, 2.45) is 0 Å². The van der Waals surface area contributed by atoms with Crippen molar-refractivity contribution in [1.29, 1.82) is 0 Å². The summed E-state index contributed by atoms with van der Waals surface area (Å²) < 4.78 is 10.8. The predicted molar refractivity (Wildman–Crippen MR) is 80.1 cm³/mol. The van der Waals surface area contributed by atoms with Gasteiger partial charge in [0.2, 0.25) is 11.8 Å². The Morgan fingerprint density at radius 3 is 2.71 bits per heavy atom. The molecule has 1 aromatic heterocycles. The fourth-order valence-corrected chi connectivity index (χ4v) is 1.93. The van der Waals surface area contributed by atoms with Crippen LogP contribution in [-0.2, 0) is 6.54 Å². The first kappa shape index (κ1) is 13.2. The first-order valence-corrected chi connectivity index (χ1v) is 6.61. The zero-order chi connectivity index (χ0) is 14.5. The zero-order valence-electron chi connectivity index (χ0n) is 11.6. The summed E-state index contributed by atoms with van der Waals surface area (Å²) in [7, 11) is 1.63. The molecule has 106 valence electrons. The van der Waals surface area contributed by atoms with Gasteiger partial charge in [-0.2, -0.15) is 0 Å². The number of methoxy groups -OCH3 is 1. The van der Waals surface area contributed by atoms with Crippen LogP contribution in [0.2, 0.25) is 0 Å². The normalized spacial score (nSPS) is 10.3. The van der Waals surface area contributed by atoms with Gasteiger partial charge in [0.05, 0.1) is 13.7 Å². The van der Waals surface area contributed by atoms with E-state index in [1.54, 1.807) is 7.11 Å². The number of hydrogen-bond donors (Lipinski definition) is 1. The molecular weight excluding hydrogens is 266 g/mol. The van der Waals surface area contributed by atoms with E-state index in [4.69, 9.17) is 9.15 Å². The number of nitrogens with one attached hydrogen (secondary N) is 1. The summed E-state index contributed by atoms with van der Waals surface area (Å²) in [4.78, 5) is 0. The fourth-order valence-electron chi connectivity index (χ4n) is 1.93. The van der Waals surface area contributed by atoms with Crippen molar-refractivity contribution in [3.05, 3.63) is 60.5 Å². The smallest absolute Gasteiger partial charge is 0.247 e. The van der Waals surface area contributed by atoms with Gasteiger partial charge in [0, 0.05) is 11.3 Å². The summed E-state index contributed by atoms with van der Waals surface area (Å²) in [5.74, 6) is 1.78. The Hall–Kier alpha value is -2.82. The molecule has 0 unspecified atom stereocenters. The second-order valence-electron chi connectivity index (χ2n) is 4.45. The third-order valence-corrected chi connectivity index (χ3v) is 3.00. The molecule has 0 fully saturated rings. The monoisotopic (exact) mass is 281 g/mol. The molecule has 5 heteroatoms. The maximum Gasteiger partial charge on any atom is 0.247 e. The number of para-hydroxylation sites is 1. The topological polar surface area (TPSA) is 60.2 Å². The summed E-state index contributed by atoms with van der Waals surface area (Å²) in [6.07, 6.45) is 0. The van der Waals surface area contributed by atoms with Crippen LogP contribution in [0.4, 0.5) is 5.69 Å². The van der Waals surface area contributed by atoms with Gasteiger partial charge in [0.15, 0.2) is 0 Å². The Morgan fingerprint density at radius 2 is 1.90 bits per heavy atom. The predicted octanol–water partition coefficient (Wildman–Crippen LogP) is 3.36. The van der Waals surface area contributed by atoms with Gasteiger partial charge in [-0.3, -0.25) is 0 Å². The van der Waals surface area contributed by atoms with Crippen molar-refractivity contribution >= 4 is 5.69 Å². The van der Waals surface area contributed by atoms with Crippen LogP contribution in [0, 0.1) is 0 Å². The summed E-state index contributed by atoms with van der Waals surface area (Å²) in [6.45, 7) is 0.487. The minimum atomic E-state index is 0.485. The molecule has 1 N–H and O–H groups in total. The van der Waals surface area contributed by atoms with Crippen LogP contribution in [-0.4, -0.2) is 17.3 Å². The molecule has 0 aliphatic heterocycles. The van der Waals surface area contributed by atoms with E-state index >= 15 is 0 Å². The van der Waals surface area contributed by atoms with Gasteiger partial charge >= 0.3 is 0 Å². The van der Waals surface area contributed by atoms with Crippen LogP contribution < -0.4 is 10.1 Å². The molecule has 0 radical (unpaired) electrons. The van der Waals surface area contributed by atoms with Gasteiger partial charge in [-0.15, -0.1) is 10.2 Å². The number of anilines is 1. The summed E-state index contributed by atoms with van der Waals surface area (Å²) in [5, 5.41) is 11.3. The SMILES string of the molecule is COc1cccc(-c2nnc(CNc3ccccc3)o2)c1. The second kappa shape index (κ2) is 6.09. The highest BCUT2D eigenvalue weighted by Gasteiger charge is 2.09. The molecule has 0 aliphatic carbocycles. The Morgan fingerprint density at radius 1 is 1.05 bits per heavy atom. The van der Waals surface area contributed by atoms with Gasteiger partial charge in [-0.25, -0.2) is 0 Å². The Bertz CT molecular complexity index is 710. The number of ether oxygens (including phenoxy) is 1. The first-order valence-electron chi connectivity index (χ1n) is 6.61. The highest BCUT2D eigenvalue weighted by atomic mass is 16.5. The lowest BCUT2D eigenvalue weighted by atomic mass is 10.2. The van der Waals surface area contributed by atoms with Crippen LogP contribution in [0.3, 0.4) is 0 Å². The number of hydrogen-bond acceptors (Lipinski definition) is 5. The molecule has 0 spiro atoms. The third kappa shape index (κ3) is 3.20. The number of nitrogens with zero attached hydrogens (tertiary/aromatic N) is 2. The minimum Gasteiger partial charge on any atom is -0.497 e. The van der Waals surface area contributed by atoms with Crippen molar-refractivity contribution < 1.29 is 9.15 Å². The van der Waals surface area contributed by atoms with Crippen LogP contribution in [0.15, 0.2) is 59.0 Å². The fraction of sp³-hybridized carbons (Fsp3) is 0.125. The molecule has 5 nitrogen and oxygen atoms in total. The Labute approximate surface area is 122 Å². The van der Waals surface area contributed by atoms with E-state index in [2.05, 4.69) is 15.5 Å². The number of benzene rings is 2. The van der Waals surface area contributed by atoms with Crippen LogP contribution in [0.25, 0.3) is 11.5 Å². The molecule has 0 saturated carbocycles. The molecule has 3 aromatic rings. The molecule has 3 rings (SSSR count). The molecular formula is C16H15N3O2. The molecule has 0 atom stereocenters. The van der Waals surface area contributed by atoms with Crippen molar-refractivity contribution in [3.8, 4) is 17.2 Å². The first-order chi connectivity index (χ1) is 10.3. The maximum atomic E-state index is 5.65. The van der Waals surface area contributed by atoms with Gasteiger partial charge < -0.3 is 14.5 Å². The van der Waals surface area contributed by atoms with E-state index in [0.717, 1.165) is 17.0 Å². The van der Waals surface area contributed by atoms with E-state index < -0.39 is 0 Å². The number of rotatable bonds is 5. The Kier molecular flexibility index (Phi) is 3.82. The molecule has 0 bridgehead atoms. The number of aromatic nitrogens is 2. The van der Waals surface area contributed by atoms with Crippen LogP contribution >= 0.6 is 0 Å². The van der Waals surface area contributed by atoms with E-state index in [1.165, 1.54) is 0 Å². The minimum absolute atomic E-state index is 0.485. The highest BCUT2D eigenvalue weighted by molar-refractivity contribution is 5.55. The summed E-state index contributed by atoms with van der Waals surface area (Å²) in [5.41, 5.74) is 1.85. The lowest BCUT2D eigenvalue weighted by Gasteiger charge is -2.02. The quantitative estimate of drug-likeness (QED) is 0.777. The van der Waals surface area contributed by atoms with E-state index in [1.807, 2.05) is 54.6 Å². The summed E-state index contributed by atoms with van der Waals surface area (Å²) in [6, 6.07) is 17.4.